The van der Waals surface area contributed by atoms with E-state index in [4.69, 9.17) is 28.0 Å². The van der Waals surface area contributed by atoms with E-state index in [0.717, 1.165) is 16.7 Å². The van der Waals surface area contributed by atoms with Crippen molar-refractivity contribution >= 4 is 8.53 Å². The quantitative estimate of drug-likeness (QED) is 0.0552. The summed E-state index contributed by atoms with van der Waals surface area (Å²) in [6.07, 6.45) is -0.931. The minimum Gasteiger partial charge on any atom is -0.497 e. The molecule has 1 aromatic heterocycles. The molecule has 0 saturated carbocycles. The summed E-state index contributed by atoms with van der Waals surface area (Å²) in [5.74, 6) is -0.755. The van der Waals surface area contributed by atoms with Gasteiger partial charge >= 0.3 is 5.69 Å². The topological polar surface area (TPSA) is 158 Å². The Labute approximate surface area is 316 Å². The first-order valence-electron chi connectivity index (χ1n) is 17.8. The second-order valence-corrected chi connectivity index (χ2v) is 14.9. The highest BCUT2D eigenvalue weighted by atomic mass is 31.2. The van der Waals surface area contributed by atoms with Crippen LogP contribution in [-0.2, 0) is 24.1 Å². The second-order valence-electron chi connectivity index (χ2n) is 13.6. The molecule has 0 aliphatic carbocycles. The lowest BCUT2D eigenvalue weighted by Gasteiger charge is -2.41. The van der Waals surface area contributed by atoms with Gasteiger partial charge in [0.25, 0.3) is 14.1 Å². The maximum Gasteiger partial charge on any atom is 0.330 e. The van der Waals surface area contributed by atoms with E-state index in [-0.39, 0.29) is 43.7 Å². The molecule has 54 heavy (non-hydrogen) atoms. The first-order chi connectivity index (χ1) is 25.9. The predicted molar refractivity (Wildman–Crippen MR) is 204 cm³/mol. The van der Waals surface area contributed by atoms with Crippen LogP contribution in [0.15, 0.2) is 94.6 Å². The number of hydrogen-bond donors (Lipinski definition) is 2. The molecule has 13 nitrogen and oxygen atoms in total. The van der Waals surface area contributed by atoms with Crippen LogP contribution in [0.25, 0.3) is 0 Å². The molecule has 0 amide bonds. The number of aliphatic hydroxyl groups is 1. The van der Waals surface area contributed by atoms with Crippen molar-refractivity contribution in [3.63, 3.8) is 0 Å². The molecular weight excluding hydrogens is 711 g/mol. The number of H-pyrrole nitrogens is 1. The lowest BCUT2D eigenvalue weighted by Crippen LogP contribution is -2.47. The molecule has 4 atom stereocenters. The number of aromatic nitrogens is 2. The largest absolute Gasteiger partial charge is 0.497 e. The summed E-state index contributed by atoms with van der Waals surface area (Å²) < 4.78 is 40.7. The Morgan fingerprint density at radius 1 is 0.963 bits per heavy atom. The van der Waals surface area contributed by atoms with Crippen molar-refractivity contribution in [2.45, 2.75) is 83.3 Å². The molecule has 2 heterocycles. The smallest absolute Gasteiger partial charge is 0.330 e. The Morgan fingerprint density at radius 2 is 1.52 bits per heavy atom. The number of rotatable bonds is 17. The van der Waals surface area contributed by atoms with Gasteiger partial charge in [-0.25, -0.2) is 9.46 Å². The summed E-state index contributed by atoms with van der Waals surface area (Å²) in [5.41, 5.74) is 0.123. The molecule has 1 aliphatic rings. The Kier molecular flexibility index (Phi) is 13.5. The molecule has 1 aliphatic heterocycles. The molecule has 4 aromatic rings. The van der Waals surface area contributed by atoms with E-state index in [1.165, 1.54) is 10.8 Å². The van der Waals surface area contributed by atoms with Crippen molar-refractivity contribution in [1.82, 2.24) is 14.2 Å². The summed E-state index contributed by atoms with van der Waals surface area (Å²) in [6, 6.07) is 26.8. The summed E-state index contributed by atoms with van der Waals surface area (Å²) in [6.45, 7) is 9.39. The Morgan fingerprint density at radius 3 is 2.04 bits per heavy atom. The fraction of sp³-hybridized carbons (Fsp3) is 0.425. The van der Waals surface area contributed by atoms with Crippen molar-refractivity contribution in [2.75, 3.05) is 27.4 Å². The van der Waals surface area contributed by atoms with Crippen LogP contribution in [0.1, 0.15) is 69.0 Å². The molecule has 3 aromatic carbocycles. The number of nitrogens with zero attached hydrogens (tertiary/aromatic N) is 3. The lowest BCUT2D eigenvalue weighted by molar-refractivity contribution is -0.201. The third-order valence-corrected chi connectivity index (χ3v) is 11.4. The van der Waals surface area contributed by atoms with Crippen LogP contribution < -0.4 is 20.7 Å². The van der Waals surface area contributed by atoms with Crippen LogP contribution in [0.2, 0.25) is 0 Å². The van der Waals surface area contributed by atoms with E-state index in [0.29, 0.717) is 11.5 Å². The van der Waals surface area contributed by atoms with E-state index < -0.39 is 43.5 Å². The van der Waals surface area contributed by atoms with Crippen LogP contribution >= 0.6 is 8.53 Å². The zero-order valence-corrected chi connectivity index (χ0v) is 32.6. The minimum atomic E-state index is -2.07. The van der Waals surface area contributed by atoms with Crippen molar-refractivity contribution in [3.05, 3.63) is 128 Å². The van der Waals surface area contributed by atoms with Gasteiger partial charge in [-0.05, 0) is 75.6 Å². The van der Waals surface area contributed by atoms with E-state index >= 15 is 0 Å². The minimum absolute atomic E-state index is 0.0602. The van der Waals surface area contributed by atoms with Gasteiger partial charge in [0.05, 0.1) is 46.3 Å². The highest BCUT2D eigenvalue weighted by Gasteiger charge is 2.54. The second kappa shape index (κ2) is 17.8. The van der Waals surface area contributed by atoms with Crippen molar-refractivity contribution in [1.29, 1.82) is 5.26 Å². The van der Waals surface area contributed by atoms with Gasteiger partial charge < -0.3 is 28.6 Å². The fourth-order valence-corrected chi connectivity index (χ4v) is 8.39. The van der Waals surface area contributed by atoms with Crippen LogP contribution in [0.3, 0.4) is 0 Å². The molecular formula is C40H49N4O9P. The summed E-state index contributed by atoms with van der Waals surface area (Å²) in [5, 5.41) is 22.0. The summed E-state index contributed by atoms with van der Waals surface area (Å²) >= 11 is 0. The molecule has 0 bridgehead atoms. The normalized spacial score (nSPS) is 19.3. The number of ether oxygens (including phenoxy) is 4. The molecule has 1 saturated heterocycles. The molecule has 1 unspecified atom stereocenters. The van der Waals surface area contributed by atoms with Crippen molar-refractivity contribution in [3.8, 4) is 17.6 Å². The van der Waals surface area contributed by atoms with E-state index in [2.05, 4.69) is 11.1 Å². The van der Waals surface area contributed by atoms with Crippen molar-refractivity contribution in [2.24, 2.45) is 0 Å². The maximum absolute atomic E-state index is 13.2. The monoisotopic (exact) mass is 760 g/mol. The number of benzene rings is 3. The van der Waals surface area contributed by atoms with Crippen LogP contribution in [0, 0.1) is 18.3 Å². The van der Waals surface area contributed by atoms with Gasteiger partial charge in [0.15, 0.2) is 0 Å². The first kappa shape index (κ1) is 40.8. The Balaban J connectivity index is 1.64. The van der Waals surface area contributed by atoms with Gasteiger partial charge in [0.2, 0.25) is 5.79 Å². The third kappa shape index (κ3) is 8.77. The third-order valence-electron chi connectivity index (χ3n) is 9.27. The SMILES string of the molecule is COc1ccc(C(OC[C@H]2O[C@@H](n3cc(C)c(=O)[nH]c3=O)C[C@@]2(O)OP(OCCC#N)N(C(C)C)C(C)C)(c2ccccc2)c2ccc(OC)cc2)cc1. The Bertz CT molecular complexity index is 1920. The van der Waals surface area contributed by atoms with Crippen LogP contribution in [0.5, 0.6) is 11.5 Å². The fourth-order valence-electron chi connectivity index (χ4n) is 6.65. The van der Waals surface area contributed by atoms with Gasteiger partial charge in [0.1, 0.15) is 29.4 Å². The molecule has 5 rings (SSSR count). The number of nitriles is 1. The number of methoxy groups -OCH3 is 2. The summed E-state index contributed by atoms with van der Waals surface area (Å²) in [4.78, 5) is 27.8. The molecule has 0 spiro atoms. The van der Waals surface area contributed by atoms with Gasteiger partial charge in [-0.3, -0.25) is 18.9 Å². The molecule has 288 valence electrons. The van der Waals surface area contributed by atoms with Gasteiger partial charge in [-0.2, -0.15) is 5.26 Å². The van der Waals surface area contributed by atoms with Gasteiger partial charge in [-0.1, -0.05) is 54.6 Å². The van der Waals surface area contributed by atoms with Crippen LogP contribution in [0.4, 0.5) is 0 Å². The zero-order chi connectivity index (χ0) is 39.0. The van der Waals surface area contributed by atoms with E-state index in [1.807, 2.05) is 111 Å². The standard InChI is InChI=1S/C40H49N4O9P/c1-27(2)44(28(3)4)54(51-23-11-22-41)53-39(47)24-36(43-25-29(5)37(45)42-38(43)46)52-35(39)26-50-40(30-12-9-8-10-13-30,31-14-18-33(48-6)19-15-31)32-16-20-34(49-7)21-17-32/h8-10,12-21,25,27-28,35-36,47H,11,23-24,26H2,1-7H3,(H,42,45,46)/t35-,36-,39-,54?/m1/s1. The molecule has 0 radical (unpaired) electrons. The number of nitrogens with one attached hydrogen (secondary N) is 1. The highest BCUT2D eigenvalue weighted by Crippen LogP contribution is 2.53. The van der Waals surface area contributed by atoms with E-state index in [9.17, 15) is 20.0 Å². The Hall–Kier alpha value is -4.38. The predicted octanol–water partition coefficient (Wildman–Crippen LogP) is 6.14. The van der Waals surface area contributed by atoms with E-state index in [1.54, 1.807) is 21.1 Å². The highest BCUT2D eigenvalue weighted by molar-refractivity contribution is 7.44. The molecule has 1 fully saturated rings. The average Bonchev–Trinajstić information content (AvgIpc) is 3.49. The lowest BCUT2D eigenvalue weighted by atomic mass is 9.80. The maximum atomic E-state index is 13.2. The van der Waals surface area contributed by atoms with Gasteiger partial charge in [-0.15, -0.1) is 0 Å². The number of aryl methyl sites for hydroxylation is 1. The zero-order valence-electron chi connectivity index (χ0n) is 31.7. The first-order valence-corrected chi connectivity index (χ1v) is 19.0. The van der Waals surface area contributed by atoms with Crippen molar-refractivity contribution < 1.29 is 33.1 Å². The molecule has 2 N–H and O–H groups in total. The number of aromatic amines is 1. The molecule has 14 heteroatoms. The summed E-state index contributed by atoms with van der Waals surface area (Å²) in [7, 11) is 1.23. The van der Waals surface area contributed by atoms with Gasteiger partial charge in [0, 0.05) is 23.8 Å². The van der Waals surface area contributed by atoms with Crippen LogP contribution in [-0.4, -0.2) is 70.7 Å². The number of hydrogen-bond acceptors (Lipinski definition) is 11. The average molecular weight is 761 g/mol.